The SMILES string of the molecule is Cc1cc(Oc2ccc(Br)cc2Cl)c(C(=N)N)c(C)n1. The maximum absolute atomic E-state index is 7.66. The molecule has 2 aromatic rings. The summed E-state index contributed by atoms with van der Waals surface area (Å²) in [5.41, 5.74) is 7.53. The van der Waals surface area contributed by atoms with Crippen LogP contribution in [0.2, 0.25) is 5.02 Å². The lowest BCUT2D eigenvalue weighted by Gasteiger charge is -2.14. The molecule has 1 heterocycles. The fourth-order valence-electron chi connectivity index (χ4n) is 1.88. The lowest BCUT2D eigenvalue weighted by Crippen LogP contribution is -2.15. The summed E-state index contributed by atoms with van der Waals surface area (Å²) in [4.78, 5) is 4.29. The van der Waals surface area contributed by atoms with Crippen molar-refractivity contribution in [3.05, 3.63) is 50.7 Å². The number of pyridine rings is 1. The Morgan fingerprint density at radius 1 is 1.30 bits per heavy atom. The van der Waals surface area contributed by atoms with Crippen molar-refractivity contribution in [2.45, 2.75) is 13.8 Å². The highest BCUT2D eigenvalue weighted by Crippen LogP contribution is 2.34. The van der Waals surface area contributed by atoms with Gasteiger partial charge in [0.15, 0.2) is 0 Å². The molecule has 6 heteroatoms. The third-order valence-corrected chi connectivity index (χ3v) is 3.46. The molecule has 104 valence electrons. The van der Waals surface area contributed by atoms with Gasteiger partial charge in [0.25, 0.3) is 0 Å². The van der Waals surface area contributed by atoms with Crippen molar-refractivity contribution in [3.63, 3.8) is 0 Å². The summed E-state index contributed by atoms with van der Waals surface area (Å²) in [5, 5.41) is 8.13. The molecule has 0 aliphatic carbocycles. The normalized spacial score (nSPS) is 10.4. The minimum atomic E-state index is -0.0850. The Hall–Kier alpha value is -1.59. The monoisotopic (exact) mass is 353 g/mol. The van der Waals surface area contributed by atoms with E-state index in [1.165, 1.54) is 0 Å². The summed E-state index contributed by atoms with van der Waals surface area (Å²) in [6, 6.07) is 7.06. The van der Waals surface area contributed by atoms with Crippen LogP contribution in [0.5, 0.6) is 11.5 Å². The number of hydrogen-bond donors (Lipinski definition) is 2. The lowest BCUT2D eigenvalue weighted by atomic mass is 10.1. The zero-order valence-corrected chi connectivity index (χ0v) is 13.3. The second kappa shape index (κ2) is 5.81. The number of nitrogens with two attached hydrogens (primary N) is 1. The van der Waals surface area contributed by atoms with E-state index in [9.17, 15) is 0 Å². The van der Waals surface area contributed by atoms with Crippen molar-refractivity contribution < 1.29 is 4.74 Å². The van der Waals surface area contributed by atoms with Crippen LogP contribution in [-0.2, 0) is 0 Å². The van der Waals surface area contributed by atoms with Crippen molar-refractivity contribution in [1.29, 1.82) is 5.41 Å². The average Bonchev–Trinajstić information content (AvgIpc) is 2.31. The van der Waals surface area contributed by atoms with Crippen molar-refractivity contribution in [2.24, 2.45) is 5.73 Å². The van der Waals surface area contributed by atoms with Crippen molar-refractivity contribution in [3.8, 4) is 11.5 Å². The van der Waals surface area contributed by atoms with Crippen LogP contribution in [0.3, 0.4) is 0 Å². The number of nitrogens with one attached hydrogen (secondary N) is 1. The molecule has 1 aromatic heterocycles. The number of nitrogen functional groups attached to an aromatic ring is 1. The number of aromatic nitrogens is 1. The predicted molar refractivity (Wildman–Crippen MR) is 84.0 cm³/mol. The van der Waals surface area contributed by atoms with Gasteiger partial charge >= 0.3 is 0 Å². The van der Waals surface area contributed by atoms with Gasteiger partial charge in [-0.15, -0.1) is 0 Å². The van der Waals surface area contributed by atoms with Crippen LogP contribution in [-0.4, -0.2) is 10.8 Å². The van der Waals surface area contributed by atoms with Gasteiger partial charge in [-0.05, 0) is 32.0 Å². The first-order chi connectivity index (χ1) is 9.38. The first-order valence-corrected chi connectivity index (χ1v) is 7.01. The van der Waals surface area contributed by atoms with E-state index in [0.717, 1.165) is 10.2 Å². The minimum absolute atomic E-state index is 0.0850. The number of rotatable bonds is 3. The topological polar surface area (TPSA) is 72.0 Å². The minimum Gasteiger partial charge on any atom is -0.455 e. The standard InChI is InChI=1S/C14H13BrClN3O/c1-7-5-12(13(14(17)18)8(2)19-7)20-11-4-3-9(15)6-10(11)16/h3-6H,1-2H3,(H3,17,18). The summed E-state index contributed by atoms with van der Waals surface area (Å²) in [6.07, 6.45) is 0. The van der Waals surface area contributed by atoms with Crippen LogP contribution in [0, 0.1) is 19.3 Å². The number of amidine groups is 1. The Morgan fingerprint density at radius 2 is 2.00 bits per heavy atom. The molecule has 0 aliphatic heterocycles. The van der Waals surface area contributed by atoms with Gasteiger partial charge in [-0.1, -0.05) is 27.5 Å². The second-order valence-electron chi connectivity index (χ2n) is 4.31. The molecule has 0 atom stereocenters. The number of nitrogens with zero attached hydrogens (tertiary/aromatic N) is 1. The molecule has 0 fully saturated rings. The van der Waals surface area contributed by atoms with Crippen LogP contribution < -0.4 is 10.5 Å². The number of aryl methyl sites for hydroxylation is 2. The van der Waals surface area contributed by atoms with Crippen molar-refractivity contribution >= 4 is 33.4 Å². The first kappa shape index (κ1) is 14.8. The van der Waals surface area contributed by atoms with Crippen LogP contribution in [0.25, 0.3) is 0 Å². The summed E-state index contributed by atoms with van der Waals surface area (Å²) in [5.74, 6) is 0.896. The number of ether oxygens (including phenoxy) is 1. The molecule has 3 N–H and O–H groups in total. The Bertz CT molecular complexity index is 688. The van der Waals surface area contributed by atoms with Gasteiger partial charge in [-0.2, -0.15) is 0 Å². The molecule has 0 aliphatic rings. The quantitative estimate of drug-likeness (QED) is 0.641. The van der Waals surface area contributed by atoms with Crippen molar-refractivity contribution in [1.82, 2.24) is 4.98 Å². The maximum Gasteiger partial charge on any atom is 0.146 e. The summed E-state index contributed by atoms with van der Waals surface area (Å²) < 4.78 is 6.67. The Kier molecular flexibility index (Phi) is 4.30. The van der Waals surface area contributed by atoms with E-state index >= 15 is 0 Å². The second-order valence-corrected chi connectivity index (χ2v) is 5.64. The van der Waals surface area contributed by atoms with E-state index in [-0.39, 0.29) is 5.84 Å². The maximum atomic E-state index is 7.66. The highest BCUT2D eigenvalue weighted by Gasteiger charge is 2.14. The third kappa shape index (κ3) is 3.11. The van der Waals surface area contributed by atoms with E-state index < -0.39 is 0 Å². The number of halogens is 2. The number of benzene rings is 1. The van der Waals surface area contributed by atoms with E-state index in [2.05, 4.69) is 20.9 Å². The van der Waals surface area contributed by atoms with Crippen LogP contribution >= 0.6 is 27.5 Å². The van der Waals surface area contributed by atoms with E-state index in [4.69, 9.17) is 27.5 Å². The fourth-order valence-corrected chi connectivity index (χ4v) is 2.59. The molecule has 0 saturated carbocycles. The molecule has 2 rings (SSSR count). The van der Waals surface area contributed by atoms with Gasteiger partial charge in [0.05, 0.1) is 16.3 Å². The molecule has 0 bridgehead atoms. The molecule has 1 aromatic carbocycles. The lowest BCUT2D eigenvalue weighted by molar-refractivity contribution is 0.479. The molecule has 0 spiro atoms. The predicted octanol–water partition coefficient (Wildman–Crippen LogP) is 4.19. The average molecular weight is 355 g/mol. The Labute approximate surface area is 130 Å². The largest absolute Gasteiger partial charge is 0.455 e. The molecule has 4 nitrogen and oxygen atoms in total. The molecule has 20 heavy (non-hydrogen) atoms. The first-order valence-electron chi connectivity index (χ1n) is 5.84. The highest BCUT2D eigenvalue weighted by atomic mass is 79.9. The summed E-state index contributed by atoms with van der Waals surface area (Å²) in [7, 11) is 0. The zero-order valence-electron chi connectivity index (χ0n) is 11.0. The fraction of sp³-hybridized carbons (Fsp3) is 0.143. The summed E-state index contributed by atoms with van der Waals surface area (Å²) >= 11 is 9.47. The number of hydrogen-bond acceptors (Lipinski definition) is 3. The van der Waals surface area contributed by atoms with E-state index in [1.54, 1.807) is 25.1 Å². The van der Waals surface area contributed by atoms with Gasteiger partial charge in [-0.25, -0.2) is 0 Å². The molecule has 0 unspecified atom stereocenters. The van der Waals surface area contributed by atoms with Gasteiger partial charge in [0.2, 0.25) is 0 Å². The molecular weight excluding hydrogens is 342 g/mol. The van der Waals surface area contributed by atoms with Crippen LogP contribution in [0.1, 0.15) is 17.0 Å². The zero-order chi connectivity index (χ0) is 14.9. The molecular formula is C14H13BrClN3O. The molecule has 0 saturated heterocycles. The third-order valence-electron chi connectivity index (χ3n) is 2.68. The summed E-state index contributed by atoms with van der Waals surface area (Å²) in [6.45, 7) is 3.65. The van der Waals surface area contributed by atoms with Crippen LogP contribution in [0.4, 0.5) is 0 Å². The van der Waals surface area contributed by atoms with Gasteiger partial charge < -0.3 is 10.5 Å². The van der Waals surface area contributed by atoms with E-state index in [0.29, 0.717) is 27.8 Å². The smallest absolute Gasteiger partial charge is 0.146 e. The van der Waals surface area contributed by atoms with Gasteiger partial charge in [0, 0.05) is 16.2 Å². The molecule has 0 amide bonds. The molecule has 0 radical (unpaired) electrons. The highest BCUT2D eigenvalue weighted by molar-refractivity contribution is 9.10. The van der Waals surface area contributed by atoms with Gasteiger partial charge in [0.1, 0.15) is 17.3 Å². The Balaban J connectivity index is 2.50. The van der Waals surface area contributed by atoms with Crippen LogP contribution in [0.15, 0.2) is 28.7 Å². The van der Waals surface area contributed by atoms with Crippen molar-refractivity contribution in [2.75, 3.05) is 0 Å². The van der Waals surface area contributed by atoms with Gasteiger partial charge in [-0.3, -0.25) is 10.4 Å². The van der Waals surface area contributed by atoms with E-state index in [1.807, 2.05) is 13.0 Å². The Morgan fingerprint density at radius 3 is 2.60 bits per heavy atom.